The summed E-state index contributed by atoms with van der Waals surface area (Å²) in [6.07, 6.45) is 7.54. The molecule has 0 aliphatic heterocycles. The molecule has 0 saturated heterocycles. The number of nitrogens with zero attached hydrogens (tertiary/aromatic N) is 2. The van der Waals surface area contributed by atoms with Gasteiger partial charge in [0.25, 0.3) is 0 Å². The maximum atomic E-state index is 12.1. The first-order valence-electron chi connectivity index (χ1n) is 6.31. The van der Waals surface area contributed by atoms with Crippen LogP contribution in [-0.4, -0.2) is 34.9 Å². The van der Waals surface area contributed by atoms with E-state index in [4.69, 9.17) is 0 Å². The summed E-state index contributed by atoms with van der Waals surface area (Å²) in [5, 5.41) is 3.06. The molecule has 1 amide bonds. The zero-order chi connectivity index (χ0) is 12.8. The molecule has 0 unspecified atom stereocenters. The van der Waals surface area contributed by atoms with Gasteiger partial charge in [0, 0.05) is 31.5 Å². The Labute approximate surface area is 108 Å². The lowest BCUT2D eigenvalue weighted by molar-refractivity contribution is -0.131. The highest BCUT2D eigenvalue weighted by Gasteiger charge is 2.32. The normalized spacial score (nSPS) is 14.2. The van der Waals surface area contributed by atoms with Gasteiger partial charge in [-0.3, -0.25) is 9.78 Å². The molecule has 1 heterocycles. The highest BCUT2D eigenvalue weighted by Crippen LogP contribution is 2.28. The van der Waals surface area contributed by atoms with Crippen LogP contribution < -0.4 is 5.32 Å². The number of rotatable bonds is 7. The Morgan fingerprint density at radius 1 is 1.50 bits per heavy atom. The zero-order valence-corrected chi connectivity index (χ0v) is 10.5. The first kappa shape index (κ1) is 12.8. The molecule has 4 nitrogen and oxygen atoms in total. The van der Waals surface area contributed by atoms with Crippen LogP contribution >= 0.6 is 0 Å². The van der Waals surface area contributed by atoms with E-state index in [1.54, 1.807) is 18.5 Å². The third kappa shape index (κ3) is 3.67. The van der Waals surface area contributed by atoms with E-state index in [9.17, 15) is 4.79 Å². The van der Waals surface area contributed by atoms with Gasteiger partial charge in [0.1, 0.15) is 0 Å². The Morgan fingerprint density at radius 2 is 2.22 bits per heavy atom. The number of hydrogen-bond donors (Lipinski definition) is 1. The highest BCUT2D eigenvalue weighted by atomic mass is 16.2. The Kier molecular flexibility index (Phi) is 4.47. The standard InChI is InChI=1S/C14H19N3O/c1-2-7-16-10-14(18)17(13-3-4-13)11-12-5-8-15-9-6-12/h2,5-6,8-9,13,16H,1,3-4,7,10-11H2. The van der Waals surface area contributed by atoms with Crippen LogP contribution in [-0.2, 0) is 11.3 Å². The third-order valence-corrected chi connectivity index (χ3v) is 2.98. The molecule has 1 aliphatic rings. The van der Waals surface area contributed by atoms with Crippen LogP contribution in [0.5, 0.6) is 0 Å². The molecule has 4 heteroatoms. The van der Waals surface area contributed by atoms with Crippen molar-refractivity contribution < 1.29 is 4.79 Å². The molecular weight excluding hydrogens is 226 g/mol. The molecule has 1 aromatic heterocycles. The lowest BCUT2D eigenvalue weighted by Gasteiger charge is -2.22. The fraction of sp³-hybridized carbons (Fsp3) is 0.429. The Morgan fingerprint density at radius 3 is 2.83 bits per heavy atom. The molecule has 96 valence electrons. The van der Waals surface area contributed by atoms with Crippen molar-refractivity contribution in [3.8, 4) is 0 Å². The van der Waals surface area contributed by atoms with Gasteiger partial charge in [-0.05, 0) is 30.5 Å². The summed E-state index contributed by atoms with van der Waals surface area (Å²) < 4.78 is 0. The van der Waals surface area contributed by atoms with Crippen molar-refractivity contribution in [3.05, 3.63) is 42.7 Å². The summed E-state index contributed by atoms with van der Waals surface area (Å²) in [5.74, 6) is 0.163. The van der Waals surface area contributed by atoms with Crippen LogP contribution in [0.4, 0.5) is 0 Å². The smallest absolute Gasteiger partial charge is 0.237 e. The molecule has 0 aromatic carbocycles. The first-order chi connectivity index (χ1) is 8.81. The van der Waals surface area contributed by atoms with Crippen molar-refractivity contribution in [1.82, 2.24) is 15.2 Å². The summed E-state index contributed by atoms with van der Waals surface area (Å²) in [5.41, 5.74) is 1.13. The SMILES string of the molecule is C=CCNCC(=O)N(Cc1ccncc1)C1CC1. The van der Waals surface area contributed by atoms with Crippen molar-refractivity contribution >= 4 is 5.91 Å². The Hall–Kier alpha value is -1.68. The fourth-order valence-corrected chi connectivity index (χ4v) is 1.87. The molecule has 1 aromatic rings. The van der Waals surface area contributed by atoms with Gasteiger partial charge in [0.2, 0.25) is 5.91 Å². The van der Waals surface area contributed by atoms with Crippen LogP contribution in [0.3, 0.4) is 0 Å². The van der Waals surface area contributed by atoms with Crippen LogP contribution in [0.15, 0.2) is 37.2 Å². The molecule has 2 rings (SSSR count). The average molecular weight is 245 g/mol. The summed E-state index contributed by atoms with van der Waals surface area (Å²) in [4.78, 5) is 18.1. The van der Waals surface area contributed by atoms with Gasteiger partial charge in [-0.1, -0.05) is 6.08 Å². The fourth-order valence-electron chi connectivity index (χ4n) is 1.87. The molecule has 0 bridgehead atoms. The maximum Gasteiger partial charge on any atom is 0.237 e. The average Bonchev–Trinajstić information content (AvgIpc) is 3.21. The lowest BCUT2D eigenvalue weighted by atomic mass is 10.2. The van der Waals surface area contributed by atoms with Crippen molar-refractivity contribution in [2.24, 2.45) is 0 Å². The van der Waals surface area contributed by atoms with Gasteiger partial charge >= 0.3 is 0 Å². The van der Waals surface area contributed by atoms with E-state index in [1.165, 1.54) is 0 Å². The Bertz CT molecular complexity index is 401. The number of carbonyl (C=O) groups is 1. The van der Waals surface area contributed by atoms with Gasteiger partial charge in [-0.15, -0.1) is 6.58 Å². The zero-order valence-electron chi connectivity index (χ0n) is 10.5. The van der Waals surface area contributed by atoms with Gasteiger partial charge < -0.3 is 10.2 Å². The van der Waals surface area contributed by atoms with Crippen molar-refractivity contribution in [1.29, 1.82) is 0 Å². The molecule has 0 atom stereocenters. The molecule has 0 spiro atoms. The maximum absolute atomic E-state index is 12.1. The number of hydrogen-bond acceptors (Lipinski definition) is 3. The van der Waals surface area contributed by atoms with E-state index in [2.05, 4.69) is 16.9 Å². The number of pyridine rings is 1. The second kappa shape index (κ2) is 6.31. The minimum atomic E-state index is 0.163. The van der Waals surface area contributed by atoms with Gasteiger partial charge in [-0.25, -0.2) is 0 Å². The predicted octanol–water partition coefficient (Wildman–Crippen LogP) is 1.35. The molecular formula is C14H19N3O. The summed E-state index contributed by atoms with van der Waals surface area (Å²) in [7, 11) is 0. The molecule has 1 N–H and O–H groups in total. The number of amides is 1. The number of nitrogens with one attached hydrogen (secondary N) is 1. The highest BCUT2D eigenvalue weighted by molar-refractivity contribution is 5.79. The van der Waals surface area contributed by atoms with E-state index in [1.807, 2.05) is 17.0 Å². The lowest BCUT2D eigenvalue weighted by Crippen LogP contribution is -2.39. The largest absolute Gasteiger partial charge is 0.334 e. The second-order valence-corrected chi connectivity index (χ2v) is 4.53. The third-order valence-electron chi connectivity index (χ3n) is 2.98. The number of aromatic nitrogens is 1. The monoisotopic (exact) mass is 245 g/mol. The van der Waals surface area contributed by atoms with Crippen molar-refractivity contribution in [3.63, 3.8) is 0 Å². The van der Waals surface area contributed by atoms with Crippen LogP contribution in [0, 0.1) is 0 Å². The number of carbonyl (C=O) groups excluding carboxylic acids is 1. The van der Waals surface area contributed by atoms with E-state index < -0.39 is 0 Å². The molecule has 0 radical (unpaired) electrons. The van der Waals surface area contributed by atoms with Crippen molar-refractivity contribution in [2.75, 3.05) is 13.1 Å². The predicted molar refractivity (Wildman–Crippen MR) is 70.9 cm³/mol. The summed E-state index contributed by atoms with van der Waals surface area (Å²) in [6.45, 7) is 5.35. The van der Waals surface area contributed by atoms with Crippen LogP contribution in [0.1, 0.15) is 18.4 Å². The molecule has 1 saturated carbocycles. The van der Waals surface area contributed by atoms with Gasteiger partial charge in [0.05, 0.1) is 6.54 Å². The molecule has 1 aliphatic carbocycles. The van der Waals surface area contributed by atoms with E-state index in [0.29, 0.717) is 25.7 Å². The molecule has 18 heavy (non-hydrogen) atoms. The van der Waals surface area contributed by atoms with E-state index >= 15 is 0 Å². The van der Waals surface area contributed by atoms with Crippen molar-refractivity contribution in [2.45, 2.75) is 25.4 Å². The van der Waals surface area contributed by atoms with Gasteiger partial charge in [0.15, 0.2) is 0 Å². The summed E-state index contributed by atoms with van der Waals surface area (Å²) >= 11 is 0. The second-order valence-electron chi connectivity index (χ2n) is 4.53. The minimum absolute atomic E-state index is 0.163. The first-order valence-corrected chi connectivity index (χ1v) is 6.31. The van der Waals surface area contributed by atoms with E-state index in [0.717, 1.165) is 18.4 Å². The minimum Gasteiger partial charge on any atom is -0.334 e. The van der Waals surface area contributed by atoms with Crippen LogP contribution in [0.2, 0.25) is 0 Å². The quantitative estimate of drug-likeness (QED) is 0.582. The summed E-state index contributed by atoms with van der Waals surface area (Å²) in [6, 6.07) is 4.34. The Balaban J connectivity index is 1.91. The van der Waals surface area contributed by atoms with Crippen LogP contribution in [0.25, 0.3) is 0 Å². The molecule has 1 fully saturated rings. The van der Waals surface area contributed by atoms with E-state index in [-0.39, 0.29) is 5.91 Å². The topological polar surface area (TPSA) is 45.2 Å². The van der Waals surface area contributed by atoms with Gasteiger partial charge in [-0.2, -0.15) is 0 Å².